The summed E-state index contributed by atoms with van der Waals surface area (Å²) in [6.45, 7) is 8.26. The molecule has 0 fully saturated rings. The third-order valence-corrected chi connectivity index (χ3v) is 2.47. The lowest BCUT2D eigenvalue weighted by atomic mass is 9.84. The second-order valence-electron chi connectivity index (χ2n) is 4.73. The first-order chi connectivity index (χ1) is 6.90. The zero-order valence-electron chi connectivity index (χ0n) is 10.0. The molecular weight excluding hydrogens is 186 g/mol. The van der Waals surface area contributed by atoms with Crippen molar-refractivity contribution in [1.82, 2.24) is 0 Å². The van der Waals surface area contributed by atoms with Gasteiger partial charge >= 0.3 is 0 Å². The molecule has 0 bridgehead atoms. The molecule has 0 aromatic heterocycles. The Kier molecular flexibility index (Phi) is 3.04. The third-order valence-electron chi connectivity index (χ3n) is 2.47. The van der Waals surface area contributed by atoms with Gasteiger partial charge in [-0.05, 0) is 30.0 Å². The van der Waals surface area contributed by atoms with Crippen LogP contribution in [0.3, 0.4) is 0 Å². The summed E-state index contributed by atoms with van der Waals surface area (Å²) in [6.07, 6.45) is 0. The molecule has 0 aliphatic heterocycles. The summed E-state index contributed by atoms with van der Waals surface area (Å²) < 4.78 is 5.34. The standard InChI is InChI=1S/C13H17NO/c1-9-6-12(15-5)11(13(2,3)4)7-10(9)8-14/h6-7H,1-5H3. The zero-order chi connectivity index (χ0) is 11.6. The fourth-order valence-electron chi connectivity index (χ4n) is 1.56. The van der Waals surface area contributed by atoms with Crippen LogP contribution < -0.4 is 4.74 Å². The number of hydrogen-bond donors (Lipinski definition) is 0. The summed E-state index contributed by atoms with van der Waals surface area (Å²) in [5.74, 6) is 0.860. The van der Waals surface area contributed by atoms with Crippen LogP contribution in [0, 0.1) is 18.3 Å². The van der Waals surface area contributed by atoms with Gasteiger partial charge in [0.1, 0.15) is 5.75 Å². The van der Waals surface area contributed by atoms with E-state index >= 15 is 0 Å². The van der Waals surface area contributed by atoms with E-state index in [0.717, 1.165) is 22.4 Å². The van der Waals surface area contributed by atoms with Crippen LogP contribution in [0.1, 0.15) is 37.5 Å². The lowest BCUT2D eigenvalue weighted by Crippen LogP contribution is -2.13. The highest BCUT2D eigenvalue weighted by Gasteiger charge is 2.20. The van der Waals surface area contributed by atoms with Gasteiger partial charge in [0.2, 0.25) is 0 Å². The van der Waals surface area contributed by atoms with Crippen LogP contribution in [-0.2, 0) is 5.41 Å². The minimum absolute atomic E-state index is 0.00928. The SMILES string of the molecule is COc1cc(C)c(C#N)cc1C(C)(C)C. The van der Waals surface area contributed by atoms with E-state index < -0.39 is 0 Å². The van der Waals surface area contributed by atoms with E-state index in [1.165, 1.54) is 0 Å². The third kappa shape index (κ3) is 2.30. The van der Waals surface area contributed by atoms with E-state index in [1.807, 2.05) is 19.1 Å². The monoisotopic (exact) mass is 203 g/mol. The number of hydrogen-bond acceptors (Lipinski definition) is 2. The predicted octanol–water partition coefficient (Wildman–Crippen LogP) is 3.17. The Morgan fingerprint density at radius 2 is 1.87 bits per heavy atom. The van der Waals surface area contributed by atoms with Crippen molar-refractivity contribution in [2.24, 2.45) is 0 Å². The van der Waals surface area contributed by atoms with Crippen LogP contribution in [0.25, 0.3) is 0 Å². The highest BCUT2D eigenvalue weighted by Crippen LogP contribution is 2.33. The van der Waals surface area contributed by atoms with Gasteiger partial charge in [-0.1, -0.05) is 20.8 Å². The molecule has 0 atom stereocenters. The molecule has 1 aromatic carbocycles. The maximum atomic E-state index is 8.98. The molecule has 2 nitrogen and oxygen atoms in total. The normalized spacial score (nSPS) is 10.9. The first kappa shape index (κ1) is 11.6. The molecule has 0 amide bonds. The summed E-state index contributed by atoms with van der Waals surface area (Å²) in [6, 6.07) is 6.06. The summed E-state index contributed by atoms with van der Waals surface area (Å²) in [5.41, 5.74) is 2.75. The molecule has 1 rings (SSSR count). The van der Waals surface area contributed by atoms with Gasteiger partial charge in [0.25, 0.3) is 0 Å². The number of ether oxygens (including phenoxy) is 1. The molecule has 0 saturated carbocycles. The fraction of sp³-hybridized carbons (Fsp3) is 0.462. The van der Waals surface area contributed by atoms with Crippen LogP contribution in [0.2, 0.25) is 0 Å². The highest BCUT2D eigenvalue weighted by atomic mass is 16.5. The van der Waals surface area contributed by atoms with Crippen molar-refractivity contribution < 1.29 is 4.74 Å². The number of nitrogens with zero attached hydrogens (tertiary/aromatic N) is 1. The van der Waals surface area contributed by atoms with Crippen LogP contribution in [0.4, 0.5) is 0 Å². The Balaban J connectivity index is 3.44. The lowest BCUT2D eigenvalue weighted by Gasteiger charge is -2.22. The largest absolute Gasteiger partial charge is 0.496 e. The quantitative estimate of drug-likeness (QED) is 0.702. The van der Waals surface area contributed by atoms with E-state index in [4.69, 9.17) is 10.00 Å². The number of nitriles is 1. The first-order valence-electron chi connectivity index (χ1n) is 4.99. The second kappa shape index (κ2) is 3.94. The van der Waals surface area contributed by atoms with E-state index in [1.54, 1.807) is 7.11 Å². The topological polar surface area (TPSA) is 33.0 Å². The van der Waals surface area contributed by atoms with Crippen molar-refractivity contribution in [2.75, 3.05) is 7.11 Å². The van der Waals surface area contributed by atoms with Crippen LogP contribution in [-0.4, -0.2) is 7.11 Å². The van der Waals surface area contributed by atoms with E-state index in [2.05, 4.69) is 26.8 Å². The van der Waals surface area contributed by atoms with Gasteiger partial charge < -0.3 is 4.74 Å². The molecule has 80 valence electrons. The van der Waals surface area contributed by atoms with Crippen molar-refractivity contribution in [3.63, 3.8) is 0 Å². The molecule has 0 saturated heterocycles. The van der Waals surface area contributed by atoms with Crippen LogP contribution >= 0.6 is 0 Å². The highest BCUT2D eigenvalue weighted by molar-refractivity contribution is 5.49. The molecule has 2 heteroatoms. The summed E-state index contributed by atoms with van der Waals surface area (Å²) in [7, 11) is 1.66. The van der Waals surface area contributed by atoms with E-state index in [9.17, 15) is 0 Å². The minimum atomic E-state index is -0.00928. The molecule has 0 unspecified atom stereocenters. The molecule has 0 radical (unpaired) electrons. The van der Waals surface area contributed by atoms with Gasteiger partial charge in [-0.25, -0.2) is 0 Å². The summed E-state index contributed by atoms with van der Waals surface area (Å²) in [5, 5.41) is 8.98. The smallest absolute Gasteiger partial charge is 0.122 e. The van der Waals surface area contributed by atoms with Crippen LogP contribution in [0.5, 0.6) is 5.75 Å². The van der Waals surface area contributed by atoms with Gasteiger partial charge in [-0.15, -0.1) is 0 Å². The Hall–Kier alpha value is -1.49. The van der Waals surface area contributed by atoms with Crippen molar-refractivity contribution in [3.8, 4) is 11.8 Å². The second-order valence-corrected chi connectivity index (χ2v) is 4.73. The molecule has 0 N–H and O–H groups in total. The van der Waals surface area contributed by atoms with Gasteiger partial charge in [0, 0.05) is 5.56 Å². The maximum Gasteiger partial charge on any atom is 0.122 e. The Bertz CT molecular complexity index is 408. The van der Waals surface area contributed by atoms with Gasteiger partial charge in [0.05, 0.1) is 18.7 Å². The van der Waals surface area contributed by atoms with Crippen molar-refractivity contribution in [3.05, 3.63) is 28.8 Å². The van der Waals surface area contributed by atoms with Crippen LogP contribution in [0.15, 0.2) is 12.1 Å². The number of benzene rings is 1. The minimum Gasteiger partial charge on any atom is -0.496 e. The fourth-order valence-corrected chi connectivity index (χ4v) is 1.56. The molecule has 0 aliphatic rings. The van der Waals surface area contributed by atoms with Crippen molar-refractivity contribution in [2.45, 2.75) is 33.1 Å². The zero-order valence-corrected chi connectivity index (χ0v) is 10.0. The molecule has 0 aliphatic carbocycles. The number of rotatable bonds is 1. The first-order valence-corrected chi connectivity index (χ1v) is 4.99. The van der Waals surface area contributed by atoms with E-state index in [0.29, 0.717) is 0 Å². The Labute approximate surface area is 91.5 Å². The van der Waals surface area contributed by atoms with E-state index in [-0.39, 0.29) is 5.41 Å². The molecule has 1 aromatic rings. The predicted molar refractivity (Wildman–Crippen MR) is 61.1 cm³/mol. The number of methoxy groups -OCH3 is 1. The summed E-state index contributed by atoms with van der Waals surface area (Å²) >= 11 is 0. The number of aryl methyl sites for hydroxylation is 1. The average molecular weight is 203 g/mol. The maximum absolute atomic E-state index is 8.98. The molecule has 15 heavy (non-hydrogen) atoms. The van der Waals surface area contributed by atoms with Gasteiger partial charge in [-0.2, -0.15) is 5.26 Å². The van der Waals surface area contributed by atoms with Crippen molar-refractivity contribution >= 4 is 0 Å². The Morgan fingerprint density at radius 3 is 2.27 bits per heavy atom. The molecule has 0 spiro atoms. The summed E-state index contributed by atoms with van der Waals surface area (Å²) in [4.78, 5) is 0. The average Bonchev–Trinajstić information content (AvgIpc) is 2.15. The van der Waals surface area contributed by atoms with Crippen molar-refractivity contribution in [1.29, 1.82) is 5.26 Å². The molecular formula is C13H17NO. The molecule has 0 heterocycles. The van der Waals surface area contributed by atoms with Gasteiger partial charge in [0.15, 0.2) is 0 Å². The van der Waals surface area contributed by atoms with Gasteiger partial charge in [-0.3, -0.25) is 0 Å². The lowest BCUT2D eigenvalue weighted by molar-refractivity contribution is 0.397. The Morgan fingerprint density at radius 1 is 1.27 bits per heavy atom.